The number of fused-ring (bicyclic) bond motifs is 1. The van der Waals surface area contributed by atoms with E-state index in [1.54, 1.807) is 30.3 Å². The van der Waals surface area contributed by atoms with E-state index in [9.17, 15) is 22.8 Å². The maximum Gasteiger partial charge on any atom is 0.573 e. The van der Waals surface area contributed by atoms with Gasteiger partial charge in [-0.1, -0.05) is 18.2 Å². The van der Waals surface area contributed by atoms with Crippen molar-refractivity contribution in [2.75, 3.05) is 30.5 Å². The molecule has 40 heavy (non-hydrogen) atoms. The van der Waals surface area contributed by atoms with Crippen LogP contribution in [0.25, 0.3) is 11.3 Å². The number of aromatic amines is 1. The molecule has 0 unspecified atom stereocenters. The van der Waals surface area contributed by atoms with Crippen LogP contribution in [0.15, 0.2) is 60.9 Å². The maximum absolute atomic E-state index is 13.1. The lowest BCUT2D eigenvalue weighted by atomic mass is 10.1. The number of nitrogens with zero attached hydrogens (tertiary/aromatic N) is 4. The first-order chi connectivity index (χ1) is 19.2. The second-order valence-electron chi connectivity index (χ2n) is 8.51. The molecule has 14 heteroatoms. The van der Waals surface area contributed by atoms with Crippen molar-refractivity contribution in [2.45, 2.75) is 12.8 Å². The number of alkyl halides is 3. The van der Waals surface area contributed by atoms with Crippen LogP contribution >= 0.6 is 0 Å². The molecule has 0 fully saturated rings. The molecule has 0 saturated heterocycles. The summed E-state index contributed by atoms with van der Waals surface area (Å²) in [6.07, 6.45) is -2.34. The Bertz CT molecular complexity index is 1540. The Hall–Kier alpha value is -5.14. The maximum atomic E-state index is 13.1. The van der Waals surface area contributed by atoms with Crippen molar-refractivity contribution in [3.63, 3.8) is 0 Å². The lowest BCUT2D eigenvalue weighted by molar-refractivity contribution is -0.274. The van der Waals surface area contributed by atoms with Gasteiger partial charge in [-0.05, 0) is 29.8 Å². The fourth-order valence-corrected chi connectivity index (χ4v) is 4.02. The van der Waals surface area contributed by atoms with Gasteiger partial charge in [0.05, 0.1) is 43.9 Å². The quantitative estimate of drug-likeness (QED) is 0.351. The van der Waals surface area contributed by atoms with Crippen LogP contribution in [-0.2, 0) is 11.2 Å². The summed E-state index contributed by atoms with van der Waals surface area (Å²) in [6, 6.07) is 12.1. The summed E-state index contributed by atoms with van der Waals surface area (Å²) < 4.78 is 52.3. The van der Waals surface area contributed by atoms with E-state index in [1.165, 1.54) is 42.6 Å². The minimum Gasteiger partial charge on any atom is -0.490 e. The van der Waals surface area contributed by atoms with E-state index in [2.05, 4.69) is 30.2 Å². The molecule has 2 aromatic heterocycles. The first-order valence-corrected chi connectivity index (χ1v) is 11.8. The summed E-state index contributed by atoms with van der Waals surface area (Å²) >= 11 is 0. The number of carbonyl (C=O) groups excluding carboxylic acids is 2. The lowest BCUT2D eigenvalue weighted by Gasteiger charge is -2.30. The first-order valence-electron chi connectivity index (χ1n) is 11.8. The second-order valence-corrected chi connectivity index (χ2v) is 8.51. The normalized spacial score (nSPS) is 12.8. The molecule has 0 atom stereocenters. The van der Waals surface area contributed by atoms with E-state index in [-0.39, 0.29) is 42.9 Å². The molecular formula is C26H21F3N6O5. The van der Waals surface area contributed by atoms with Gasteiger partial charge in [0.1, 0.15) is 23.8 Å². The minimum absolute atomic E-state index is 0.0805. The minimum atomic E-state index is -4.82. The van der Waals surface area contributed by atoms with Crippen LogP contribution < -0.4 is 24.4 Å². The van der Waals surface area contributed by atoms with Gasteiger partial charge in [0, 0.05) is 11.6 Å². The summed E-state index contributed by atoms with van der Waals surface area (Å²) in [4.78, 5) is 35.0. The van der Waals surface area contributed by atoms with Crippen LogP contribution in [0.3, 0.4) is 0 Å². The van der Waals surface area contributed by atoms with Crippen LogP contribution in [-0.4, -0.2) is 58.6 Å². The number of amides is 2. The number of hydrogen-bond donors (Lipinski definition) is 2. The van der Waals surface area contributed by atoms with E-state index in [4.69, 9.17) is 9.47 Å². The van der Waals surface area contributed by atoms with Gasteiger partial charge in [-0.15, -0.1) is 13.2 Å². The summed E-state index contributed by atoms with van der Waals surface area (Å²) in [5, 5.41) is 9.58. The Labute approximate surface area is 224 Å². The monoisotopic (exact) mass is 554 g/mol. The van der Waals surface area contributed by atoms with Crippen LogP contribution in [0, 0.1) is 0 Å². The number of ether oxygens (including phenoxy) is 3. The number of H-pyrrole nitrogens is 1. The molecule has 0 spiro atoms. The summed E-state index contributed by atoms with van der Waals surface area (Å²) in [5.74, 6) is -0.235. The van der Waals surface area contributed by atoms with Crippen molar-refractivity contribution in [1.82, 2.24) is 20.2 Å². The number of halogens is 3. The molecule has 4 aromatic rings. The number of aromatic nitrogens is 4. The summed E-state index contributed by atoms with van der Waals surface area (Å²) in [5.41, 5.74) is 2.24. The number of carbonyl (C=O) groups is 2. The van der Waals surface area contributed by atoms with E-state index in [0.717, 1.165) is 0 Å². The van der Waals surface area contributed by atoms with Gasteiger partial charge in [-0.25, -0.2) is 9.97 Å². The van der Waals surface area contributed by atoms with Gasteiger partial charge < -0.3 is 24.4 Å². The molecule has 1 aliphatic rings. The third-order valence-electron chi connectivity index (χ3n) is 5.81. The Morgan fingerprint density at radius 1 is 1.12 bits per heavy atom. The van der Waals surface area contributed by atoms with E-state index >= 15 is 0 Å². The van der Waals surface area contributed by atoms with Crippen LogP contribution in [0.2, 0.25) is 0 Å². The summed E-state index contributed by atoms with van der Waals surface area (Å²) in [7, 11) is 1.44. The third kappa shape index (κ3) is 6.11. The van der Waals surface area contributed by atoms with Gasteiger partial charge in [0.2, 0.25) is 11.8 Å². The number of anilines is 2. The molecule has 206 valence electrons. The molecular weight excluding hydrogens is 533 g/mol. The van der Waals surface area contributed by atoms with E-state index in [1.807, 2.05) is 0 Å². The number of rotatable bonds is 7. The Morgan fingerprint density at radius 3 is 2.73 bits per heavy atom. The largest absolute Gasteiger partial charge is 0.573 e. The van der Waals surface area contributed by atoms with Gasteiger partial charge in [-0.2, -0.15) is 5.10 Å². The molecule has 5 rings (SSSR count). The second kappa shape index (κ2) is 10.9. The Balaban J connectivity index is 1.28. The highest BCUT2D eigenvalue weighted by atomic mass is 19.4. The highest BCUT2D eigenvalue weighted by molar-refractivity contribution is 6.02. The fraction of sp³-hybridized carbons (Fsp3) is 0.192. The molecule has 0 radical (unpaired) electrons. The van der Waals surface area contributed by atoms with Crippen molar-refractivity contribution in [3.05, 3.63) is 72.2 Å². The van der Waals surface area contributed by atoms with Gasteiger partial charge in [-0.3, -0.25) is 14.7 Å². The molecule has 3 heterocycles. The zero-order valence-electron chi connectivity index (χ0n) is 20.9. The van der Waals surface area contributed by atoms with Gasteiger partial charge in [0.25, 0.3) is 5.91 Å². The Morgan fingerprint density at radius 2 is 1.98 bits per heavy atom. The highest BCUT2D eigenvalue weighted by Crippen LogP contribution is 2.36. The SMILES string of the molecule is COc1cnc(C(=O)Nc2cc(-c3ccc4c(c3)OCCN4C(=O)Cc3cccc(OC(F)(F)F)c3)[nH]n2)cn1. The number of methoxy groups -OCH3 is 1. The predicted molar refractivity (Wildman–Crippen MR) is 135 cm³/mol. The third-order valence-corrected chi connectivity index (χ3v) is 5.81. The molecule has 1 aliphatic heterocycles. The number of benzene rings is 2. The van der Waals surface area contributed by atoms with Crippen LogP contribution in [0.4, 0.5) is 24.7 Å². The average molecular weight is 554 g/mol. The molecule has 0 saturated carbocycles. The molecule has 0 bridgehead atoms. The van der Waals surface area contributed by atoms with Crippen LogP contribution in [0.1, 0.15) is 16.1 Å². The zero-order chi connectivity index (χ0) is 28.3. The van der Waals surface area contributed by atoms with Gasteiger partial charge in [0.15, 0.2) is 5.82 Å². The summed E-state index contributed by atoms with van der Waals surface area (Å²) in [6.45, 7) is 0.505. The molecule has 2 amide bonds. The topological polar surface area (TPSA) is 132 Å². The zero-order valence-corrected chi connectivity index (χ0v) is 20.9. The number of nitrogens with one attached hydrogen (secondary N) is 2. The highest BCUT2D eigenvalue weighted by Gasteiger charge is 2.31. The molecule has 2 aromatic carbocycles. The lowest BCUT2D eigenvalue weighted by Crippen LogP contribution is -2.38. The molecule has 2 N–H and O–H groups in total. The molecule has 0 aliphatic carbocycles. The fourth-order valence-electron chi connectivity index (χ4n) is 4.02. The Kier molecular flexibility index (Phi) is 7.23. The van der Waals surface area contributed by atoms with Crippen molar-refractivity contribution in [1.29, 1.82) is 0 Å². The number of hydrogen-bond acceptors (Lipinski definition) is 8. The van der Waals surface area contributed by atoms with Crippen molar-refractivity contribution >= 4 is 23.3 Å². The van der Waals surface area contributed by atoms with E-state index in [0.29, 0.717) is 28.3 Å². The average Bonchev–Trinajstić information content (AvgIpc) is 3.40. The van der Waals surface area contributed by atoms with E-state index < -0.39 is 18.0 Å². The van der Waals surface area contributed by atoms with Crippen LogP contribution in [0.5, 0.6) is 17.4 Å². The molecule has 11 nitrogen and oxygen atoms in total. The predicted octanol–water partition coefficient (Wildman–Crippen LogP) is 3.99. The van der Waals surface area contributed by atoms with Crippen molar-refractivity contribution in [2.24, 2.45) is 0 Å². The van der Waals surface area contributed by atoms with Crippen molar-refractivity contribution < 1.29 is 37.0 Å². The smallest absolute Gasteiger partial charge is 0.490 e. The first kappa shape index (κ1) is 26.5. The van der Waals surface area contributed by atoms with Gasteiger partial charge >= 0.3 is 6.36 Å². The van der Waals surface area contributed by atoms with Crippen molar-refractivity contribution in [3.8, 4) is 28.6 Å². The standard InChI is InChI=1S/C26H21F3N6O5/c1-38-23-14-30-19(13-31-23)25(37)32-22-12-18(33-34-22)16-5-6-20-21(11-16)39-8-7-35(20)24(36)10-15-3-2-4-17(9-15)40-26(27,28)29/h2-6,9,11-14H,7-8,10H2,1H3,(H2,32,33,34,37).